The van der Waals surface area contributed by atoms with Crippen molar-refractivity contribution < 1.29 is 13.2 Å². The molecule has 0 aromatic heterocycles. The first kappa shape index (κ1) is 16.4. The van der Waals surface area contributed by atoms with Crippen LogP contribution in [0.25, 0.3) is 0 Å². The van der Waals surface area contributed by atoms with Gasteiger partial charge in [-0.1, -0.05) is 22.0 Å². The highest BCUT2D eigenvalue weighted by Gasteiger charge is 2.28. The van der Waals surface area contributed by atoms with E-state index < -0.39 is 10.0 Å². The molecule has 0 aliphatic carbocycles. The van der Waals surface area contributed by atoms with Crippen LogP contribution < -0.4 is 5.32 Å². The molecule has 2 rings (SSSR count). The molecule has 1 aliphatic rings. The lowest BCUT2D eigenvalue weighted by molar-refractivity contribution is -0.122. The van der Waals surface area contributed by atoms with Crippen molar-refractivity contribution in [3.63, 3.8) is 0 Å². The Morgan fingerprint density at radius 2 is 1.95 bits per heavy atom. The third-order valence-electron chi connectivity index (χ3n) is 3.41. The van der Waals surface area contributed by atoms with E-state index in [-0.39, 0.29) is 10.8 Å². The molecule has 0 bridgehead atoms. The van der Waals surface area contributed by atoms with E-state index >= 15 is 0 Å². The van der Waals surface area contributed by atoms with Gasteiger partial charge in [0.25, 0.3) is 0 Å². The number of nitrogens with one attached hydrogen (secondary N) is 1. The summed E-state index contributed by atoms with van der Waals surface area (Å²) in [6.07, 6.45) is 0. The van der Waals surface area contributed by atoms with Gasteiger partial charge < -0.3 is 5.32 Å². The van der Waals surface area contributed by atoms with E-state index in [1.54, 1.807) is 31.3 Å². The number of likely N-dealkylation sites (N-methyl/N-ethyl adjacent to an activating group) is 1. The number of piperazine rings is 1. The molecule has 0 atom stereocenters. The molecule has 1 aliphatic heterocycles. The maximum atomic E-state index is 12.5. The molecule has 1 aromatic carbocycles. The van der Waals surface area contributed by atoms with Gasteiger partial charge in [0.05, 0.1) is 11.4 Å². The predicted molar refractivity (Wildman–Crippen MR) is 83.4 cm³/mol. The van der Waals surface area contributed by atoms with Crippen molar-refractivity contribution in [3.05, 3.63) is 28.7 Å². The van der Waals surface area contributed by atoms with Crippen LogP contribution in [-0.2, 0) is 14.8 Å². The summed E-state index contributed by atoms with van der Waals surface area (Å²) in [5.74, 6) is -0.0571. The number of hydrogen-bond acceptors (Lipinski definition) is 4. The zero-order valence-electron chi connectivity index (χ0n) is 11.8. The quantitative estimate of drug-likeness (QED) is 0.831. The molecule has 0 unspecified atom stereocenters. The molecule has 6 nitrogen and oxygen atoms in total. The Hall–Kier alpha value is -0.960. The molecule has 1 saturated heterocycles. The summed E-state index contributed by atoms with van der Waals surface area (Å²) in [6, 6.07) is 6.70. The molecule has 116 valence electrons. The fourth-order valence-electron chi connectivity index (χ4n) is 2.19. The highest BCUT2D eigenvalue weighted by atomic mass is 79.9. The van der Waals surface area contributed by atoms with Crippen LogP contribution in [0, 0.1) is 0 Å². The number of amides is 1. The molecular formula is C13H18BrN3O3S. The predicted octanol–water partition coefficient (Wildman–Crippen LogP) is 0.501. The molecule has 1 heterocycles. The summed E-state index contributed by atoms with van der Waals surface area (Å²) in [4.78, 5) is 13.6. The van der Waals surface area contributed by atoms with Crippen molar-refractivity contribution in [3.8, 4) is 0 Å². The normalized spacial score (nSPS) is 17.6. The van der Waals surface area contributed by atoms with E-state index in [1.165, 1.54) is 4.31 Å². The lowest BCUT2D eigenvalue weighted by Crippen LogP contribution is -2.50. The van der Waals surface area contributed by atoms with Crippen LogP contribution in [0.2, 0.25) is 0 Å². The SMILES string of the molecule is CNC(=O)CN1CCN(S(=O)(=O)c2cccc(Br)c2)CC1. The number of nitrogens with zero attached hydrogens (tertiary/aromatic N) is 2. The average molecular weight is 376 g/mol. The van der Waals surface area contributed by atoms with Gasteiger partial charge in [0.1, 0.15) is 0 Å². The second-order valence-corrected chi connectivity index (χ2v) is 7.66. The Kier molecular flexibility index (Phi) is 5.37. The molecule has 0 radical (unpaired) electrons. The van der Waals surface area contributed by atoms with E-state index in [0.29, 0.717) is 32.7 Å². The van der Waals surface area contributed by atoms with Crippen LogP contribution in [0.5, 0.6) is 0 Å². The van der Waals surface area contributed by atoms with Crippen molar-refractivity contribution in [1.29, 1.82) is 0 Å². The first-order valence-electron chi connectivity index (χ1n) is 6.62. The van der Waals surface area contributed by atoms with Gasteiger partial charge in [-0.15, -0.1) is 0 Å². The molecule has 1 amide bonds. The Bertz CT molecular complexity index is 613. The lowest BCUT2D eigenvalue weighted by atomic mass is 10.3. The molecule has 8 heteroatoms. The third-order valence-corrected chi connectivity index (χ3v) is 5.80. The highest BCUT2D eigenvalue weighted by Crippen LogP contribution is 2.21. The number of carbonyl (C=O) groups is 1. The van der Waals surface area contributed by atoms with Crippen molar-refractivity contribution in [2.75, 3.05) is 39.8 Å². The second-order valence-electron chi connectivity index (χ2n) is 4.81. The van der Waals surface area contributed by atoms with Crippen LogP contribution in [-0.4, -0.2) is 63.3 Å². The van der Waals surface area contributed by atoms with E-state index in [9.17, 15) is 13.2 Å². The Labute approximate surface area is 133 Å². The summed E-state index contributed by atoms with van der Waals surface area (Å²) in [7, 11) is -1.87. The Morgan fingerprint density at radius 1 is 1.29 bits per heavy atom. The van der Waals surface area contributed by atoms with Gasteiger partial charge in [0.2, 0.25) is 15.9 Å². The van der Waals surface area contributed by atoms with E-state index in [4.69, 9.17) is 0 Å². The van der Waals surface area contributed by atoms with Crippen molar-refractivity contribution >= 4 is 31.9 Å². The van der Waals surface area contributed by atoms with Crippen molar-refractivity contribution in [2.24, 2.45) is 0 Å². The minimum absolute atomic E-state index is 0.0571. The van der Waals surface area contributed by atoms with Crippen molar-refractivity contribution in [1.82, 2.24) is 14.5 Å². The fraction of sp³-hybridized carbons (Fsp3) is 0.462. The topological polar surface area (TPSA) is 69.7 Å². The minimum atomic E-state index is -3.47. The summed E-state index contributed by atoms with van der Waals surface area (Å²) < 4.78 is 27.3. The summed E-state index contributed by atoms with van der Waals surface area (Å²) >= 11 is 3.29. The Balaban J connectivity index is 2.03. The van der Waals surface area contributed by atoms with Gasteiger partial charge in [-0.2, -0.15) is 4.31 Å². The number of carbonyl (C=O) groups excluding carboxylic acids is 1. The molecule has 1 aromatic rings. The van der Waals surface area contributed by atoms with Gasteiger partial charge >= 0.3 is 0 Å². The monoisotopic (exact) mass is 375 g/mol. The zero-order chi connectivity index (χ0) is 15.5. The van der Waals surface area contributed by atoms with Gasteiger partial charge in [-0.25, -0.2) is 8.42 Å². The largest absolute Gasteiger partial charge is 0.358 e. The van der Waals surface area contributed by atoms with Gasteiger partial charge in [0, 0.05) is 37.7 Å². The smallest absolute Gasteiger partial charge is 0.243 e. The summed E-state index contributed by atoms with van der Waals surface area (Å²) in [5.41, 5.74) is 0. The molecule has 0 saturated carbocycles. The van der Waals surface area contributed by atoms with E-state index in [1.807, 2.05) is 4.90 Å². The minimum Gasteiger partial charge on any atom is -0.358 e. The number of benzene rings is 1. The van der Waals surface area contributed by atoms with Crippen LogP contribution in [0.1, 0.15) is 0 Å². The standard InChI is InChI=1S/C13H18BrN3O3S/c1-15-13(18)10-16-5-7-17(8-6-16)21(19,20)12-4-2-3-11(14)9-12/h2-4,9H,5-8,10H2,1H3,(H,15,18). The maximum absolute atomic E-state index is 12.5. The van der Waals surface area contributed by atoms with Crippen molar-refractivity contribution in [2.45, 2.75) is 4.90 Å². The molecule has 21 heavy (non-hydrogen) atoms. The van der Waals surface area contributed by atoms with Crippen LogP contribution >= 0.6 is 15.9 Å². The second kappa shape index (κ2) is 6.87. The first-order valence-corrected chi connectivity index (χ1v) is 8.85. The van der Waals surface area contributed by atoms with Crippen LogP contribution in [0.4, 0.5) is 0 Å². The van der Waals surface area contributed by atoms with Crippen LogP contribution in [0.15, 0.2) is 33.6 Å². The van der Waals surface area contributed by atoms with E-state index in [2.05, 4.69) is 21.2 Å². The van der Waals surface area contributed by atoms with Gasteiger partial charge in [0.15, 0.2) is 0 Å². The maximum Gasteiger partial charge on any atom is 0.243 e. The van der Waals surface area contributed by atoms with Crippen LogP contribution in [0.3, 0.4) is 0 Å². The molecule has 1 fully saturated rings. The zero-order valence-corrected chi connectivity index (χ0v) is 14.2. The first-order chi connectivity index (χ1) is 9.93. The number of sulfonamides is 1. The molecule has 1 N–H and O–H groups in total. The van der Waals surface area contributed by atoms with E-state index in [0.717, 1.165) is 4.47 Å². The average Bonchev–Trinajstić information content (AvgIpc) is 2.47. The molecule has 0 spiro atoms. The van der Waals surface area contributed by atoms with Gasteiger partial charge in [-0.05, 0) is 18.2 Å². The number of rotatable bonds is 4. The van der Waals surface area contributed by atoms with Gasteiger partial charge in [-0.3, -0.25) is 9.69 Å². The lowest BCUT2D eigenvalue weighted by Gasteiger charge is -2.33. The summed E-state index contributed by atoms with van der Waals surface area (Å²) in [5, 5.41) is 2.57. The number of hydrogen-bond donors (Lipinski definition) is 1. The third kappa shape index (κ3) is 4.03. The summed E-state index contributed by atoms with van der Waals surface area (Å²) in [6.45, 7) is 2.21. The number of halogens is 1. The molecular weight excluding hydrogens is 358 g/mol. The Morgan fingerprint density at radius 3 is 2.52 bits per heavy atom. The highest BCUT2D eigenvalue weighted by molar-refractivity contribution is 9.10. The fourth-order valence-corrected chi connectivity index (χ4v) is 4.21.